The Labute approximate surface area is 168 Å². The van der Waals surface area contributed by atoms with Crippen molar-refractivity contribution in [3.8, 4) is 0 Å². The van der Waals surface area contributed by atoms with Gasteiger partial charge in [0.25, 0.3) is 5.91 Å². The number of aryl methyl sites for hydroxylation is 1. The first-order valence-corrected chi connectivity index (χ1v) is 11.0. The lowest BCUT2D eigenvalue weighted by atomic mass is 9.83. The van der Waals surface area contributed by atoms with Crippen molar-refractivity contribution in [3.05, 3.63) is 33.1 Å². The number of thiophene rings is 1. The molecule has 3 aliphatic heterocycles. The van der Waals surface area contributed by atoms with Gasteiger partial charge in [-0.2, -0.15) is 4.98 Å². The third-order valence-corrected chi connectivity index (χ3v) is 7.50. The zero-order chi connectivity index (χ0) is 19.1. The molecular formula is C20H26N4O3S. The lowest BCUT2D eigenvalue weighted by Crippen LogP contribution is -2.44. The molecule has 2 aromatic heterocycles. The molecule has 150 valence electrons. The van der Waals surface area contributed by atoms with E-state index in [2.05, 4.69) is 21.5 Å². The van der Waals surface area contributed by atoms with E-state index >= 15 is 0 Å². The summed E-state index contributed by atoms with van der Waals surface area (Å²) in [4.78, 5) is 21.7. The van der Waals surface area contributed by atoms with Crippen LogP contribution in [0.4, 0.5) is 0 Å². The van der Waals surface area contributed by atoms with Crippen LogP contribution in [0.15, 0.2) is 10.6 Å². The van der Waals surface area contributed by atoms with Gasteiger partial charge in [0.15, 0.2) is 5.82 Å². The maximum absolute atomic E-state index is 13.2. The number of ether oxygens (including phenoxy) is 1. The summed E-state index contributed by atoms with van der Waals surface area (Å²) < 4.78 is 11.4. The lowest BCUT2D eigenvalue weighted by Gasteiger charge is -2.40. The quantitative estimate of drug-likeness (QED) is 0.832. The molecule has 1 amide bonds. The number of piperidine rings is 2. The summed E-state index contributed by atoms with van der Waals surface area (Å²) in [6, 6.07) is 2.13. The molecule has 0 unspecified atom stereocenters. The van der Waals surface area contributed by atoms with E-state index in [0.29, 0.717) is 5.89 Å². The minimum atomic E-state index is -0.183. The van der Waals surface area contributed by atoms with Gasteiger partial charge in [0.1, 0.15) is 0 Å². The molecule has 1 spiro atoms. The van der Waals surface area contributed by atoms with Crippen LogP contribution in [0.1, 0.15) is 63.4 Å². The highest BCUT2D eigenvalue weighted by Gasteiger charge is 2.41. The van der Waals surface area contributed by atoms with Gasteiger partial charge in [-0.1, -0.05) is 5.16 Å². The topological polar surface area (TPSA) is 80.5 Å². The Kier molecular flexibility index (Phi) is 4.72. The maximum atomic E-state index is 13.2. The van der Waals surface area contributed by atoms with Crippen molar-refractivity contribution in [2.75, 3.05) is 32.8 Å². The van der Waals surface area contributed by atoms with Gasteiger partial charge in [0.05, 0.1) is 17.1 Å². The molecule has 7 nitrogen and oxygen atoms in total. The van der Waals surface area contributed by atoms with E-state index in [0.717, 1.165) is 75.6 Å². The van der Waals surface area contributed by atoms with E-state index in [1.807, 2.05) is 11.8 Å². The number of carbonyl (C=O) groups excluding carboxylic acids is 1. The standard InChI is InChI=1S/C20H26N4O3S/c1-13-22-18(23-27-13)14-2-9-24(10-3-14)19(25)17-12-15-16(28-17)4-11-26-20(15)5-7-21-8-6-20/h12,14,21H,2-11H2,1H3. The molecule has 1 N–H and O–H groups in total. The Morgan fingerprint density at radius 3 is 2.82 bits per heavy atom. The van der Waals surface area contributed by atoms with Crippen molar-refractivity contribution in [1.82, 2.24) is 20.4 Å². The first-order valence-electron chi connectivity index (χ1n) is 10.2. The third-order valence-electron chi connectivity index (χ3n) is 6.32. The van der Waals surface area contributed by atoms with Crippen LogP contribution < -0.4 is 5.32 Å². The predicted molar refractivity (Wildman–Crippen MR) is 105 cm³/mol. The summed E-state index contributed by atoms with van der Waals surface area (Å²) in [5.74, 6) is 1.82. The van der Waals surface area contributed by atoms with Crippen molar-refractivity contribution in [2.24, 2.45) is 0 Å². The Bertz CT molecular complexity index is 863. The Hall–Kier alpha value is -1.77. The summed E-state index contributed by atoms with van der Waals surface area (Å²) in [5.41, 5.74) is 1.09. The van der Waals surface area contributed by atoms with Crippen LogP contribution in [0, 0.1) is 6.92 Å². The number of nitrogens with zero attached hydrogens (tertiary/aromatic N) is 3. The van der Waals surface area contributed by atoms with Crippen molar-refractivity contribution in [1.29, 1.82) is 0 Å². The summed E-state index contributed by atoms with van der Waals surface area (Å²) in [6.45, 7) is 6.00. The molecule has 0 radical (unpaired) electrons. The van der Waals surface area contributed by atoms with Gasteiger partial charge in [-0.15, -0.1) is 11.3 Å². The van der Waals surface area contributed by atoms with Crippen LogP contribution in [-0.2, 0) is 16.8 Å². The zero-order valence-corrected chi connectivity index (χ0v) is 17.0. The highest BCUT2D eigenvalue weighted by atomic mass is 32.1. The van der Waals surface area contributed by atoms with Gasteiger partial charge in [-0.3, -0.25) is 4.79 Å². The fraction of sp³-hybridized carbons (Fsp3) is 0.650. The van der Waals surface area contributed by atoms with E-state index in [-0.39, 0.29) is 17.4 Å². The van der Waals surface area contributed by atoms with E-state index in [1.54, 1.807) is 11.3 Å². The molecule has 0 aliphatic carbocycles. The number of aromatic nitrogens is 2. The molecule has 3 aliphatic rings. The number of carbonyl (C=O) groups is 1. The highest BCUT2D eigenvalue weighted by Crippen LogP contribution is 2.43. The second-order valence-electron chi connectivity index (χ2n) is 8.03. The molecule has 2 saturated heterocycles. The number of amides is 1. The predicted octanol–water partition coefficient (Wildman–Crippen LogP) is 2.61. The Morgan fingerprint density at radius 1 is 1.32 bits per heavy atom. The van der Waals surface area contributed by atoms with Crippen molar-refractivity contribution < 1.29 is 14.1 Å². The zero-order valence-electron chi connectivity index (χ0n) is 16.2. The Balaban J connectivity index is 1.30. The van der Waals surface area contributed by atoms with E-state index in [9.17, 15) is 4.79 Å². The number of likely N-dealkylation sites (tertiary alicyclic amines) is 1. The van der Waals surface area contributed by atoms with Crippen LogP contribution in [0.5, 0.6) is 0 Å². The number of fused-ring (bicyclic) bond motifs is 2. The van der Waals surface area contributed by atoms with Crippen LogP contribution in [-0.4, -0.2) is 53.7 Å². The highest BCUT2D eigenvalue weighted by molar-refractivity contribution is 7.14. The smallest absolute Gasteiger partial charge is 0.263 e. The molecule has 2 aromatic rings. The largest absolute Gasteiger partial charge is 0.370 e. The second-order valence-corrected chi connectivity index (χ2v) is 9.17. The molecule has 5 heterocycles. The SMILES string of the molecule is Cc1nc(C2CCN(C(=O)c3cc4c(s3)CCOC43CCNCC3)CC2)no1. The van der Waals surface area contributed by atoms with Crippen molar-refractivity contribution in [3.63, 3.8) is 0 Å². The summed E-state index contributed by atoms with van der Waals surface area (Å²) in [7, 11) is 0. The number of hydrogen-bond acceptors (Lipinski definition) is 7. The maximum Gasteiger partial charge on any atom is 0.263 e. The van der Waals surface area contributed by atoms with E-state index in [1.165, 1.54) is 10.4 Å². The normalized spacial score (nSPS) is 22.4. The molecule has 2 fully saturated rings. The van der Waals surface area contributed by atoms with Crippen molar-refractivity contribution >= 4 is 17.2 Å². The van der Waals surface area contributed by atoms with Gasteiger partial charge in [0, 0.05) is 37.2 Å². The molecule has 8 heteroatoms. The van der Waals surface area contributed by atoms with Crippen LogP contribution in [0.2, 0.25) is 0 Å². The van der Waals surface area contributed by atoms with Gasteiger partial charge in [-0.05, 0) is 50.4 Å². The third kappa shape index (κ3) is 3.17. The second kappa shape index (κ2) is 7.24. The van der Waals surface area contributed by atoms with E-state index < -0.39 is 0 Å². The van der Waals surface area contributed by atoms with Crippen LogP contribution in [0.25, 0.3) is 0 Å². The number of nitrogens with one attached hydrogen (secondary N) is 1. The first-order chi connectivity index (χ1) is 13.6. The average Bonchev–Trinajstić information content (AvgIpc) is 3.36. The number of rotatable bonds is 2. The van der Waals surface area contributed by atoms with Crippen LogP contribution in [0.3, 0.4) is 0 Å². The monoisotopic (exact) mass is 402 g/mol. The van der Waals surface area contributed by atoms with E-state index in [4.69, 9.17) is 9.26 Å². The van der Waals surface area contributed by atoms with Gasteiger partial charge in [-0.25, -0.2) is 0 Å². The Morgan fingerprint density at radius 2 is 2.11 bits per heavy atom. The fourth-order valence-corrected chi connectivity index (χ4v) is 5.94. The van der Waals surface area contributed by atoms with Gasteiger partial charge < -0.3 is 19.5 Å². The first kappa shape index (κ1) is 18.3. The molecule has 5 rings (SSSR count). The molecule has 0 aromatic carbocycles. The molecule has 0 atom stereocenters. The number of hydrogen-bond donors (Lipinski definition) is 1. The summed E-state index contributed by atoms with van der Waals surface area (Å²) >= 11 is 1.67. The van der Waals surface area contributed by atoms with Gasteiger partial charge >= 0.3 is 0 Å². The van der Waals surface area contributed by atoms with Crippen molar-refractivity contribution in [2.45, 2.75) is 50.5 Å². The lowest BCUT2D eigenvalue weighted by molar-refractivity contribution is -0.0792. The minimum Gasteiger partial charge on any atom is -0.370 e. The molecule has 28 heavy (non-hydrogen) atoms. The fourth-order valence-electron chi connectivity index (χ4n) is 4.74. The summed E-state index contributed by atoms with van der Waals surface area (Å²) in [6.07, 6.45) is 4.66. The molecular weight excluding hydrogens is 376 g/mol. The molecule has 0 saturated carbocycles. The molecule has 0 bridgehead atoms. The van der Waals surface area contributed by atoms with Gasteiger partial charge in [0.2, 0.25) is 5.89 Å². The minimum absolute atomic E-state index is 0.159. The summed E-state index contributed by atoms with van der Waals surface area (Å²) in [5, 5.41) is 7.47. The van der Waals surface area contributed by atoms with Crippen LogP contribution >= 0.6 is 11.3 Å². The average molecular weight is 403 g/mol.